The van der Waals surface area contributed by atoms with Gasteiger partial charge in [-0.2, -0.15) is 0 Å². The van der Waals surface area contributed by atoms with Gasteiger partial charge in [-0.15, -0.1) is 0 Å². The molecule has 4 rings (SSSR count). The van der Waals surface area contributed by atoms with Crippen LogP contribution in [0.4, 0.5) is 11.4 Å². The predicted molar refractivity (Wildman–Crippen MR) is 116 cm³/mol. The second-order valence-electron chi connectivity index (χ2n) is 7.64. The molecule has 0 unspecified atom stereocenters. The smallest absolute Gasteiger partial charge is 0.255 e. The summed E-state index contributed by atoms with van der Waals surface area (Å²) in [4.78, 5) is 12.4. The molecule has 5 nitrogen and oxygen atoms in total. The zero-order chi connectivity index (χ0) is 19.5. The number of ether oxygens (including phenoxy) is 1. The number of benzene rings is 2. The fourth-order valence-corrected chi connectivity index (χ4v) is 4.61. The maximum Gasteiger partial charge on any atom is 0.255 e. The Hall–Kier alpha value is -2.60. The molecule has 28 heavy (non-hydrogen) atoms. The largest absolute Gasteiger partial charge is 0.497 e. The molecule has 6 heteroatoms. The molecule has 3 atom stereocenters. The Morgan fingerprint density at radius 2 is 1.64 bits per heavy atom. The fourth-order valence-electron chi connectivity index (χ4n) is 4.34. The van der Waals surface area contributed by atoms with Gasteiger partial charge in [0, 0.05) is 23.0 Å². The lowest BCUT2D eigenvalue weighted by molar-refractivity contribution is 0.102. The highest BCUT2D eigenvalue weighted by molar-refractivity contribution is 7.80. The molecule has 2 bridgehead atoms. The number of rotatable bonds is 5. The van der Waals surface area contributed by atoms with E-state index in [4.69, 9.17) is 17.0 Å². The zero-order valence-corrected chi connectivity index (χ0v) is 16.7. The van der Waals surface area contributed by atoms with Crippen LogP contribution in [0, 0.1) is 11.8 Å². The third kappa shape index (κ3) is 4.28. The van der Waals surface area contributed by atoms with Crippen molar-refractivity contribution in [3.8, 4) is 5.75 Å². The van der Waals surface area contributed by atoms with E-state index in [-0.39, 0.29) is 5.91 Å². The number of hydrogen-bond acceptors (Lipinski definition) is 3. The molecule has 0 saturated heterocycles. The summed E-state index contributed by atoms with van der Waals surface area (Å²) in [6, 6.07) is 15.1. The normalized spacial score (nSPS) is 22.5. The number of thiocarbonyl (C=S) groups is 1. The van der Waals surface area contributed by atoms with Gasteiger partial charge in [-0.25, -0.2) is 0 Å². The second-order valence-corrected chi connectivity index (χ2v) is 8.05. The Morgan fingerprint density at radius 1 is 0.964 bits per heavy atom. The van der Waals surface area contributed by atoms with Gasteiger partial charge in [-0.1, -0.05) is 6.42 Å². The van der Waals surface area contributed by atoms with Gasteiger partial charge in [0.15, 0.2) is 5.11 Å². The van der Waals surface area contributed by atoms with E-state index in [0.717, 1.165) is 29.0 Å². The number of anilines is 2. The maximum absolute atomic E-state index is 12.4. The molecule has 3 N–H and O–H groups in total. The van der Waals surface area contributed by atoms with Gasteiger partial charge in [0.25, 0.3) is 5.91 Å². The van der Waals surface area contributed by atoms with E-state index >= 15 is 0 Å². The molecule has 0 heterocycles. The number of fused-ring (bicyclic) bond motifs is 2. The van der Waals surface area contributed by atoms with Crippen molar-refractivity contribution < 1.29 is 9.53 Å². The van der Waals surface area contributed by atoms with Crippen molar-refractivity contribution in [3.05, 3.63) is 54.1 Å². The average molecular weight is 396 g/mol. The minimum Gasteiger partial charge on any atom is -0.497 e. The summed E-state index contributed by atoms with van der Waals surface area (Å²) in [6.07, 6.45) is 5.28. The standard InChI is InChI=1S/C22H25N3O2S/c1-27-19-10-8-17(9-11-19)23-21(26)15-4-6-18(7-5-15)24-22(28)25-20-13-14-2-3-16(20)12-14/h4-11,14,16,20H,2-3,12-13H2,1H3,(H,23,26)(H2,24,25,28)/t14-,16-,20-/m1/s1. The first-order chi connectivity index (χ1) is 13.6. The summed E-state index contributed by atoms with van der Waals surface area (Å²) < 4.78 is 5.12. The summed E-state index contributed by atoms with van der Waals surface area (Å²) >= 11 is 5.47. The van der Waals surface area contributed by atoms with Gasteiger partial charge >= 0.3 is 0 Å². The second kappa shape index (κ2) is 8.19. The van der Waals surface area contributed by atoms with Crippen LogP contribution in [0.2, 0.25) is 0 Å². The lowest BCUT2D eigenvalue weighted by atomic mass is 9.96. The molecule has 2 saturated carbocycles. The first-order valence-electron chi connectivity index (χ1n) is 9.73. The molecule has 2 aromatic carbocycles. The number of nitrogens with one attached hydrogen (secondary N) is 3. The van der Waals surface area contributed by atoms with E-state index in [0.29, 0.717) is 16.7 Å². The first-order valence-corrected chi connectivity index (χ1v) is 10.1. The Bertz CT molecular complexity index is 851. The van der Waals surface area contributed by atoms with E-state index in [1.807, 2.05) is 36.4 Å². The molecule has 2 aliphatic carbocycles. The molecule has 0 aromatic heterocycles. The van der Waals surface area contributed by atoms with Crippen molar-refractivity contribution in [2.45, 2.75) is 31.7 Å². The SMILES string of the molecule is COc1ccc(NC(=O)c2ccc(NC(=S)N[C@@H]3C[C@@H]4CC[C@@H]3C4)cc2)cc1. The van der Waals surface area contributed by atoms with Crippen molar-refractivity contribution in [1.82, 2.24) is 5.32 Å². The quantitative estimate of drug-likeness (QED) is 0.654. The summed E-state index contributed by atoms with van der Waals surface area (Å²) in [5, 5.41) is 10.2. The highest BCUT2D eigenvalue weighted by Crippen LogP contribution is 2.44. The Labute approximate surface area is 170 Å². The van der Waals surface area contributed by atoms with Gasteiger partial charge in [0.05, 0.1) is 7.11 Å². The molecular formula is C22H25N3O2S. The van der Waals surface area contributed by atoms with E-state index in [1.165, 1.54) is 25.7 Å². The van der Waals surface area contributed by atoms with Gasteiger partial charge in [-0.05, 0) is 91.8 Å². The van der Waals surface area contributed by atoms with Gasteiger partial charge in [0.1, 0.15) is 5.75 Å². The first kappa shape index (κ1) is 18.7. The average Bonchev–Trinajstić information content (AvgIpc) is 3.32. The van der Waals surface area contributed by atoms with Crippen LogP contribution < -0.4 is 20.7 Å². The minimum atomic E-state index is -0.153. The van der Waals surface area contributed by atoms with Crippen molar-refractivity contribution in [2.24, 2.45) is 11.8 Å². The highest BCUT2D eigenvalue weighted by atomic mass is 32.1. The van der Waals surface area contributed by atoms with Crippen molar-refractivity contribution in [3.63, 3.8) is 0 Å². The topological polar surface area (TPSA) is 62.4 Å². The van der Waals surface area contributed by atoms with Crippen LogP contribution in [-0.4, -0.2) is 24.2 Å². The Morgan fingerprint density at radius 3 is 2.25 bits per heavy atom. The van der Waals surface area contributed by atoms with E-state index in [9.17, 15) is 4.79 Å². The van der Waals surface area contributed by atoms with Crippen molar-refractivity contribution in [2.75, 3.05) is 17.7 Å². The van der Waals surface area contributed by atoms with E-state index in [1.54, 1.807) is 19.2 Å². The minimum absolute atomic E-state index is 0.153. The van der Waals surface area contributed by atoms with E-state index in [2.05, 4.69) is 16.0 Å². The maximum atomic E-state index is 12.4. The molecule has 1 amide bonds. The van der Waals surface area contributed by atoms with Crippen LogP contribution in [-0.2, 0) is 0 Å². The van der Waals surface area contributed by atoms with E-state index < -0.39 is 0 Å². The van der Waals surface area contributed by atoms with Gasteiger partial charge < -0.3 is 20.7 Å². The molecule has 2 aromatic rings. The number of hydrogen-bond donors (Lipinski definition) is 3. The number of methoxy groups -OCH3 is 1. The zero-order valence-electron chi connectivity index (χ0n) is 15.9. The van der Waals surface area contributed by atoms with Crippen LogP contribution in [0.25, 0.3) is 0 Å². The molecule has 2 fully saturated rings. The third-order valence-electron chi connectivity index (χ3n) is 5.81. The monoisotopic (exact) mass is 395 g/mol. The molecule has 0 radical (unpaired) electrons. The molecule has 2 aliphatic rings. The van der Waals surface area contributed by atoms with Crippen molar-refractivity contribution >= 4 is 34.6 Å². The van der Waals surface area contributed by atoms with Crippen LogP contribution in [0.5, 0.6) is 5.75 Å². The van der Waals surface area contributed by atoms with Crippen LogP contribution >= 0.6 is 12.2 Å². The third-order valence-corrected chi connectivity index (χ3v) is 6.03. The van der Waals surface area contributed by atoms with Crippen LogP contribution in [0.1, 0.15) is 36.0 Å². The Balaban J connectivity index is 1.30. The Kier molecular flexibility index (Phi) is 5.48. The number of carbonyl (C=O) groups excluding carboxylic acids is 1. The number of carbonyl (C=O) groups is 1. The van der Waals surface area contributed by atoms with Crippen LogP contribution in [0.15, 0.2) is 48.5 Å². The number of amides is 1. The molecule has 0 spiro atoms. The molecule has 0 aliphatic heterocycles. The van der Waals surface area contributed by atoms with Gasteiger partial charge in [-0.3, -0.25) is 4.79 Å². The van der Waals surface area contributed by atoms with Crippen molar-refractivity contribution in [1.29, 1.82) is 0 Å². The molecular weight excluding hydrogens is 370 g/mol. The summed E-state index contributed by atoms with van der Waals surface area (Å²) in [7, 11) is 1.61. The summed E-state index contributed by atoms with van der Waals surface area (Å²) in [5.74, 6) is 2.26. The predicted octanol–water partition coefficient (Wildman–Crippen LogP) is 4.42. The highest BCUT2D eigenvalue weighted by Gasteiger charge is 2.39. The fraction of sp³-hybridized carbons (Fsp3) is 0.364. The molecule has 146 valence electrons. The lowest BCUT2D eigenvalue weighted by Crippen LogP contribution is -2.40. The summed E-state index contributed by atoms with van der Waals surface area (Å²) in [6.45, 7) is 0. The van der Waals surface area contributed by atoms with Gasteiger partial charge in [0.2, 0.25) is 0 Å². The summed E-state index contributed by atoms with van der Waals surface area (Å²) in [5.41, 5.74) is 2.19. The lowest BCUT2D eigenvalue weighted by Gasteiger charge is -2.24. The van der Waals surface area contributed by atoms with Crippen LogP contribution in [0.3, 0.4) is 0 Å².